The molecule has 0 spiro atoms. The van der Waals surface area contributed by atoms with E-state index in [1.807, 2.05) is 72.8 Å². The van der Waals surface area contributed by atoms with Gasteiger partial charge in [0.25, 0.3) is 0 Å². The average Bonchev–Trinajstić information content (AvgIpc) is 0.736. The predicted molar refractivity (Wildman–Crippen MR) is 516 cm³/mol. The van der Waals surface area contributed by atoms with Crippen molar-refractivity contribution in [3.05, 3.63) is 553 Å². The number of fused-ring (bicyclic) bond motifs is 8. The van der Waals surface area contributed by atoms with Gasteiger partial charge in [-0.15, -0.1) is 117 Å². The molecule has 0 saturated heterocycles. The molecule has 22 aromatic rings. The Morgan fingerprint density at radius 1 is 0.156 bits per heavy atom. The van der Waals surface area contributed by atoms with Crippen LogP contribution < -0.4 is 0 Å². The van der Waals surface area contributed by atoms with Crippen LogP contribution in [0.25, 0.3) is 142 Å². The standard InChI is InChI=1S/C40H26.C33H22.C27H18.C23H16.5Y/c1-3-14-29(15-4-1)26-31-18-13-20-33(28-31)39-35-22-9-11-24-37(35)40(38-25-12-10-23-36(38)39)34-21-8-7-19-32(34)27-30-16-5-2-6-17-30;1-3-12-24(13-4-1)22-25-14-11-17-27(23-25)33-30-20-9-7-18-28(30)32(26-15-5-2-6-16-26)29-19-8-10-21-31(29)33;1-2-9-20(10-3-1)17-21-11-8-13-22(18-21)27-19-23-12-4-5-14-24(23)25-15-6-7-16-26(25)27;1-2-8-18(9-3-1)16-19-10-6-13-21(17-19)23-15-7-12-20-11-4-5-14-22(20)23;;;;;/h1-14,16,18,20-25H,26-27H2;1-12,14-21H,22H2;1-9,11-16,19H,17H2;1-8,11-15,17H,16H2;;;;;/q-4;3*-2;;;;;. The van der Waals surface area contributed by atoms with Crippen LogP contribution in [0.4, 0.5) is 0 Å². The van der Waals surface area contributed by atoms with Crippen LogP contribution in [0.1, 0.15) is 55.6 Å². The van der Waals surface area contributed by atoms with Gasteiger partial charge in [0.05, 0.1) is 0 Å². The van der Waals surface area contributed by atoms with Crippen molar-refractivity contribution in [1.82, 2.24) is 0 Å². The predicted octanol–water partition coefficient (Wildman–Crippen LogP) is 30.8. The summed E-state index contributed by atoms with van der Waals surface area (Å²) >= 11 is 0. The van der Waals surface area contributed by atoms with Gasteiger partial charge in [0.2, 0.25) is 0 Å². The van der Waals surface area contributed by atoms with Crippen LogP contribution in [0.5, 0.6) is 0 Å². The van der Waals surface area contributed by atoms with Gasteiger partial charge in [-0.25, -0.2) is 0 Å². The van der Waals surface area contributed by atoms with Crippen molar-refractivity contribution in [1.29, 1.82) is 0 Å². The maximum Gasteiger partial charge on any atom is 0 e. The molecule has 22 aromatic carbocycles. The zero-order chi connectivity index (χ0) is 82.3. The maximum atomic E-state index is 3.77. The average molecular weight is 2000 g/mol. The first-order chi connectivity index (χ1) is 61.0. The van der Waals surface area contributed by atoms with E-state index in [-0.39, 0.29) is 164 Å². The van der Waals surface area contributed by atoms with Crippen molar-refractivity contribution in [2.24, 2.45) is 0 Å². The van der Waals surface area contributed by atoms with E-state index in [1.54, 1.807) is 0 Å². The minimum absolute atomic E-state index is 0. The van der Waals surface area contributed by atoms with Gasteiger partial charge < -0.3 is 0 Å². The van der Waals surface area contributed by atoms with Crippen LogP contribution in [0.2, 0.25) is 0 Å². The van der Waals surface area contributed by atoms with E-state index in [0.29, 0.717) is 0 Å². The summed E-state index contributed by atoms with van der Waals surface area (Å²) in [6.07, 6.45) is 4.13. The molecule has 0 N–H and O–H groups in total. The summed E-state index contributed by atoms with van der Waals surface area (Å²) in [5.41, 5.74) is 26.4. The van der Waals surface area contributed by atoms with Crippen molar-refractivity contribution in [2.75, 3.05) is 0 Å². The number of rotatable bonds is 16. The van der Waals surface area contributed by atoms with E-state index in [1.165, 1.54) is 176 Å². The summed E-state index contributed by atoms with van der Waals surface area (Å²) in [5.74, 6) is 0. The first-order valence-corrected chi connectivity index (χ1v) is 42.2. The van der Waals surface area contributed by atoms with Crippen LogP contribution in [0.15, 0.2) is 437 Å². The third-order valence-corrected chi connectivity index (χ3v) is 23.0. The Labute approximate surface area is 879 Å². The SMILES string of the molecule is [Y].[Y].[Y].[Y].[Y].[c-]1ccccc1Cc1[c-]c(-c2c3ccccc3c(-c3ccc[c-]c3Cc3[c-]cccc3)c3ccccc23)ccc1.[c-]1ccccc1Cc1[c-]c(-c2c3ccccc3c(-c3ccccc3)c3ccccc23)ccc1.[c-]1ccccc1Cc1[c-]c(-c2cc3ccccc3c3ccccc23)ccc1.[c-]1ccccc1Cc1[c-]ccc(-c2cccc3ccccc23)c1. The molecular formula is C123H82Y5-10. The van der Waals surface area contributed by atoms with Gasteiger partial charge in [-0.1, -0.05) is 274 Å². The van der Waals surface area contributed by atoms with Crippen LogP contribution >= 0.6 is 0 Å². The molecule has 128 heavy (non-hydrogen) atoms. The minimum Gasteiger partial charge on any atom is -0.180 e. The zero-order valence-corrected chi connectivity index (χ0v) is 85.2. The molecule has 5 heteroatoms. The first-order valence-electron chi connectivity index (χ1n) is 42.2. The molecule has 0 amide bonds. The molecule has 0 aliphatic heterocycles. The van der Waals surface area contributed by atoms with Crippen LogP contribution in [0.3, 0.4) is 0 Å². The third kappa shape index (κ3) is 22.1. The fraction of sp³-hybridized carbons (Fsp3) is 0.0407. The molecule has 0 atom stereocenters. The summed E-state index contributed by atoms with van der Waals surface area (Å²) in [4.78, 5) is 0. The molecule has 0 aliphatic rings. The van der Waals surface area contributed by atoms with E-state index >= 15 is 0 Å². The molecule has 0 bridgehead atoms. The van der Waals surface area contributed by atoms with Crippen molar-refractivity contribution in [3.8, 4) is 66.8 Å². The Morgan fingerprint density at radius 3 is 0.953 bits per heavy atom. The fourth-order valence-corrected chi connectivity index (χ4v) is 17.5. The van der Waals surface area contributed by atoms with E-state index in [2.05, 4.69) is 425 Å². The largest absolute Gasteiger partial charge is 0.180 e. The van der Waals surface area contributed by atoms with E-state index in [4.69, 9.17) is 0 Å². The number of hydrogen-bond donors (Lipinski definition) is 0. The molecular weight excluding hydrogens is 1920 g/mol. The summed E-state index contributed by atoms with van der Waals surface area (Å²) in [5, 5.41) is 17.7. The van der Waals surface area contributed by atoms with Crippen molar-refractivity contribution in [2.45, 2.75) is 32.1 Å². The second-order valence-electron chi connectivity index (χ2n) is 31.0. The summed E-state index contributed by atoms with van der Waals surface area (Å²) in [7, 11) is 0. The van der Waals surface area contributed by atoms with Gasteiger partial charge in [-0.3, -0.25) is 0 Å². The van der Waals surface area contributed by atoms with Gasteiger partial charge in [0, 0.05) is 164 Å². The van der Waals surface area contributed by atoms with E-state index in [9.17, 15) is 0 Å². The van der Waals surface area contributed by atoms with Crippen molar-refractivity contribution < 1.29 is 164 Å². The Balaban J connectivity index is 0.000000139. The normalized spacial score (nSPS) is 10.7. The maximum absolute atomic E-state index is 3.77. The van der Waals surface area contributed by atoms with E-state index in [0.717, 1.165) is 54.4 Å². The topological polar surface area (TPSA) is 0 Å². The Morgan fingerprint density at radius 2 is 0.484 bits per heavy atom. The molecule has 0 saturated carbocycles. The van der Waals surface area contributed by atoms with Crippen LogP contribution in [-0.2, 0) is 196 Å². The quantitative estimate of drug-likeness (QED) is 0.0514. The molecule has 0 aliphatic carbocycles. The molecule has 0 unspecified atom stereocenters. The smallest absolute Gasteiger partial charge is 0 e. The molecule has 22 rings (SSSR count). The van der Waals surface area contributed by atoms with Gasteiger partial charge in [-0.05, 0) is 97.3 Å². The molecule has 0 aromatic heterocycles. The molecule has 5 radical (unpaired) electrons. The molecule has 0 nitrogen and oxygen atoms in total. The summed E-state index contributed by atoms with van der Waals surface area (Å²) < 4.78 is 0. The zero-order valence-electron chi connectivity index (χ0n) is 71.0. The van der Waals surface area contributed by atoms with Crippen molar-refractivity contribution in [3.63, 3.8) is 0 Å². The second kappa shape index (κ2) is 46.1. The van der Waals surface area contributed by atoms with Crippen molar-refractivity contribution >= 4 is 75.4 Å². The van der Waals surface area contributed by atoms with Gasteiger partial charge in [-0.2, -0.15) is 239 Å². The molecule has 0 fully saturated rings. The monoisotopic (exact) mass is 2000 g/mol. The van der Waals surface area contributed by atoms with Crippen LogP contribution in [0, 0.1) is 60.7 Å². The second-order valence-corrected chi connectivity index (χ2v) is 31.0. The Bertz CT molecular complexity index is 7330. The Hall–Kier alpha value is -9.82. The summed E-state index contributed by atoms with van der Waals surface area (Å²) in [6.45, 7) is 0. The number of benzene rings is 22. The van der Waals surface area contributed by atoms with Crippen LogP contribution in [-0.4, -0.2) is 0 Å². The number of hydrogen-bond acceptors (Lipinski definition) is 0. The van der Waals surface area contributed by atoms with Gasteiger partial charge in [0.15, 0.2) is 0 Å². The fourth-order valence-electron chi connectivity index (χ4n) is 17.5. The van der Waals surface area contributed by atoms with Gasteiger partial charge in [0.1, 0.15) is 0 Å². The Kier molecular flexibility index (Phi) is 34.0. The third-order valence-electron chi connectivity index (χ3n) is 23.0. The van der Waals surface area contributed by atoms with Gasteiger partial charge >= 0.3 is 0 Å². The molecule has 599 valence electrons. The minimum atomic E-state index is 0. The first kappa shape index (κ1) is 94.3. The van der Waals surface area contributed by atoms with E-state index < -0.39 is 0 Å². The summed E-state index contributed by atoms with van der Waals surface area (Å²) in [6, 6.07) is 188. The molecule has 0 heterocycles.